The average Bonchev–Trinajstić information content (AvgIpc) is 2.49. The quantitative estimate of drug-likeness (QED) is 0.437. The molecule has 0 aromatic heterocycles. The van der Waals surface area contributed by atoms with Crippen molar-refractivity contribution in [3.05, 3.63) is 42.0 Å². The van der Waals surface area contributed by atoms with Crippen LogP contribution in [0.3, 0.4) is 0 Å². The van der Waals surface area contributed by atoms with Gasteiger partial charge in [-0.15, -0.1) is 0 Å². The molecule has 22 heavy (non-hydrogen) atoms. The predicted octanol–water partition coefficient (Wildman–Crippen LogP) is 2.61. The van der Waals surface area contributed by atoms with Gasteiger partial charge < -0.3 is 15.2 Å². The van der Waals surface area contributed by atoms with Crippen LogP contribution in [0.4, 0.5) is 5.69 Å². The first-order valence-corrected chi connectivity index (χ1v) is 7.02. The number of hydrogen-bond donors (Lipinski definition) is 2. The molecule has 0 spiro atoms. The summed E-state index contributed by atoms with van der Waals surface area (Å²) in [5, 5.41) is 10.9. The highest BCUT2D eigenvalue weighted by atomic mass is 16.5. The number of esters is 1. The predicted molar refractivity (Wildman–Crippen MR) is 81.7 cm³/mol. The fraction of sp³-hybridized carbons (Fsp3) is 0.312. The van der Waals surface area contributed by atoms with Crippen LogP contribution in [0, 0.1) is 0 Å². The number of unbranched alkanes of at least 4 members (excludes halogenated alkanes) is 2. The zero-order chi connectivity index (χ0) is 16.4. The lowest BCUT2D eigenvalue weighted by atomic mass is 10.2. The summed E-state index contributed by atoms with van der Waals surface area (Å²) in [7, 11) is 0. The minimum Gasteiger partial charge on any atom is -0.478 e. The SMILES string of the molecule is CCCCCOC(=O)c1cccc(NC(=O)/C=C\C(=O)O)c1. The molecule has 0 saturated heterocycles. The first-order valence-electron chi connectivity index (χ1n) is 7.02. The summed E-state index contributed by atoms with van der Waals surface area (Å²) in [6.07, 6.45) is 4.50. The molecule has 1 aromatic rings. The molecule has 0 aliphatic carbocycles. The highest BCUT2D eigenvalue weighted by Gasteiger charge is 2.08. The maximum absolute atomic E-state index is 11.8. The number of hydrogen-bond acceptors (Lipinski definition) is 4. The molecule has 0 heterocycles. The molecule has 6 nitrogen and oxygen atoms in total. The minimum absolute atomic E-state index is 0.330. The smallest absolute Gasteiger partial charge is 0.338 e. The second-order valence-corrected chi connectivity index (χ2v) is 4.58. The van der Waals surface area contributed by atoms with E-state index in [4.69, 9.17) is 9.84 Å². The molecule has 1 aromatic carbocycles. The van der Waals surface area contributed by atoms with Gasteiger partial charge in [-0.05, 0) is 24.6 Å². The van der Waals surface area contributed by atoms with Gasteiger partial charge in [-0.3, -0.25) is 4.79 Å². The van der Waals surface area contributed by atoms with Crippen LogP contribution >= 0.6 is 0 Å². The lowest BCUT2D eigenvalue weighted by molar-refractivity contribution is -0.131. The largest absolute Gasteiger partial charge is 0.478 e. The molecule has 0 radical (unpaired) electrons. The molecule has 0 aliphatic heterocycles. The standard InChI is InChI=1S/C16H19NO5/c1-2-3-4-10-22-16(21)12-6-5-7-13(11-12)17-14(18)8-9-15(19)20/h5-9,11H,2-4,10H2,1H3,(H,17,18)(H,19,20)/b9-8-. The number of benzene rings is 1. The Balaban J connectivity index is 2.59. The number of carboxylic acids is 1. The zero-order valence-electron chi connectivity index (χ0n) is 12.4. The van der Waals surface area contributed by atoms with Crippen molar-refractivity contribution in [1.82, 2.24) is 0 Å². The summed E-state index contributed by atoms with van der Waals surface area (Å²) in [6, 6.07) is 6.28. The molecule has 0 fully saturated rings. The van der Waals surface area contributed by atoms with E-state index in [0.717, 1.165) is 31.4 Å². The van der Waals surface area contributed by atoms with Gasteiger partial charge in [0.1, 0.15) is 0 Å². The van der Waals surface area contributed by atoms with Crippen molar-refractivity contribution in [2.75, 3.05) is 11.9 Å². The number of carboxylic acid groups (broad SMARTS) is 1. The Morgan fingerprint density at radius 3 is 2.68 bits per heavy atom. The monoisotopic (exact) mass is 305 g/mol. The van der Waals surface area contributed by atoms with E-state index in [2.05, 4.69) is 12.2 Å². The van der Waals surface area contributed by atoms with Crippen LogP contribution < -0.4 is 5.32 Å². The van der Waals surface area contributed by atoms with Gasteiger partial charge >= 0.3 is 11.9 Å². The van der Waals surface area contributed by atoms with Crippen molar-refractivity contribution in [2.24, 2.45) is 0 Å². The highest BCUT2D eigenvalue weighted by Crippen LogP contribution is 2.12. The van der Waals surface area contributed by atoms with Gasteiger partial charge in [0.25, 0.3) is 0 Å². The molecular formula is C16H19NO5. The van der Waals surface area contributed by atoms with Crippen molar-refractivity contribution in [2.45, 2.75) is 26.2 Å². The van der Waals surface area contributed by atoms with Crippen LogP contribution in [0.1, 0.15) is 36.5 Å². The third kappa shape index (κ3) is 6.69. The summed E-state index contributed by atoms with van der Waals surface area (Å²) < 4.78 is 5.13. The van der Waals surface area contributed by atoms with Crippen molar-refractivity contribution in [3.8, 4) is 0 Å². The maximum atomic E-state index is 11.8. The summed E-state index contributed by atoms with van der Waals surface area (Å²) in [5.74, 6) is -2.25. The highest BCUT2D eigenvalue weighted by molar-refractivity contribution is 6.03. The first-order chi connectivity index (χ1) is 10.5. The Kier molecular flexibility index (Phi) is 7.39. The number of rotatable bonds is 8. The summed E-state index contributed by atoms with van der Waals surface area (Å²) >= 11 is 0. The fourth-order valence-electron chi connectivity index (χ4n) is 1.66. The average molecular weight is 305 g/mol. The number of carbonyl (C=O) groups is 3. The molecule has 6 heteroatoms. The van der Waals surface area contributed by atoms with Crippen LogP contribution in [0.15, 0.2) is 36.4 Å². The van der Waals surface area contributed by atoms with Crippen molar-refractivity contribution < 1.29 is 24.2 Å². The van der Waals surface area contributed by atoms with Crippen molar-refractivity contribution in [1.29, 1.82) is 0 Å². The molecule has 0 aliphatic rings. The van der Waals surface area contributed by atoms with E-state index in [9.17, 15) is 14.4 Å². The number of carbonyl (C=O) groups excluding carboxylic acids is 2. The van der Waals surface area contributed by atoms with E-state index < -0.39 is 17.8 Å². The van der Waals surface area contributed by atoms with E-state index in [1.165, 1.54) is 6.07 Å². The summed E-state index contributed by atoms with van der Waals surface area (Å²) in [4.78, 5) is 33.6. The van der Waals surface area contributed by atoms with Gasteiger partial charge in [0, 0.05) is 17.8 Å². The van der Waals surface area contributed by atoms with Crippen LogP contribution in [-0.4, -0.2) is 29.6 Å². The summed E-state index contributed by atoms with van der Waals surface area (Å²) in [5.41, 5.74) is 0.722. The second-order valence-electron chi connectivity index (χ2n) is 4.58. The van der Waals surface area contributed by atoms with Crippen molar-refractivity contribution >= 4 is 23.5 Å². The number of aliphatic carboxylic acids is 1. The van der Waals surface area contributed by atoms with E-state index in [1.54, 1.807) is 18.2 Å². The molecule has 0 atom stereocenters. The van der Waals surface area contributed by atoms with Gasteiger partial charge in [0.2, 0.25) is 5.91 Å². The third-order valence-corrected chi connectivity index (χ3v) is 2.72. The Labute approximate surface area is 128 Å². The lowest BCUT2D eigenvalue weighted by Crippen LogP contribution is -2.10. The topological polar surface area (TPSA) is 92.7 Å². The Bertz CT molecular complexity index is 565. The maximum Gasteiger partial charge on any atom is 0.338 e. The van der Waals surface area contributed by atoms with Gasteiger partial charge in [0.15, 0.2) is 0 Å². The zero-order valence-corrected chi connectivity index (χ0v) is 12.4. The molecule has 2 N–H and O–H groups in total. The van der Waals surface area contributed by atoms with E-state index in [-0.39, 0.29) is 0 Å². The second kappa shape index (κ2) is 9.33. The molecule has 0 bridgehead atoms. The van der Waals surface area contributed by atoms with Crippen LogP contribution in [0.5, 0.6) is 0 Å². The molecule has 1 rings (SSSR count). The Hall–Kier alpha value is -2.63. The van der Waals surface area contributed by atoms with Crippen LogP contribution in [-0.2, 0) is 14.3 Å². The Morgan fingerprint density at radius 1 is 1.23 bits per heavy atom. The molecular weight excluding hydrogens is 286 g/mol. The minimum atomic E-state index is -1.21. The lowest BCUT2D eigenvalue weighted by Gasteiger charge is -2.06. The number of ether oxygens (including phenoxy) is 1. The van der Waals surface area contributed by atoms with Crippen LogP contribution in [0.25, 0.3) is 0 Å². The molecule has 0 saturated carbocycles. The first kappa shape index (κ1) is 17.4. The van der Waals surface area contributed by atoms with Gasteiger partial charge in [-0.1, -0.05) is 25.8 Å². The number of nitrogens with one attached hydrogen (secondary N) is 1. The van der Waals surface area contributed by atoms with E-state index in [0.29, 0.717) is 17.9 Å². The molecule has 1 amide bonds. The molecule has 118 valence electrons. The Morgan fingerprint density at radius 2 is 2.00 bits per heavy atom. The van der Waals surface area contributed by atoms with Gasteiger partial charge in [-0.2, -0.15) is 0 Å². The summed E-state index contributed by atoms with van der Waals surface area (Å²) in [6.45, 7) is 2.43. The van der Waals surface area contributed by atoms with E-state index >= 15 is 0 Å². The van der Waals surface area contributed by atoms with Crippen LogP contribution in [0.2, 0.25) is 0 Å². The van der Waals surface area contributed by atoms with E-state index in [1.807, 2.05) is 0 Å². The normalized spacial score (nSPS) is 10.4. The number of anilines is 1. The number of amides is 1. The molecule has 0 unspecified atom stereocenters. The van der Waals surface area contributed by atoms with Gasteiger partial charge in [-0.25, -0.2) is 9.59 Å². The van der Waals surface area contributed by atoms with Gasteiger partial charge in [0.05, 0.1) is 12.2 Å². The third-order valence-electron chi connectivity index (χ3n) is 2.72. The fourth-order valence-corrected chi connectivity index (χ4v) is 1.66. The van der Waals surface area contributed by atoms with Crippen molar-refractivity contribution in [3.63, 3.8) is 0 Å².